The minimum absolute atomic E-state index is 0.307. The Morgan fingerprint density at radius 2 is 2.12 bits per heavy atom. The molecule has 1 heterocycles. The maximum Gasteiger partial charge on any atom is 0.252 e. The molecule has 0 bridgehead atoms. The molecule has 1 aliphatic carbocycles. The first-order valence-electron chi connectivity index (χ1n) is 7.87. The van der Waals surface area contributed by atoms with Gasteiger partial charge < -0.3 is 14.4 Å². The fraction of sp³-hybridized carbons (Fsp3) is 0.588. The van der Waals surface area contributed by atoms with Crippen LogP contribution in [0.25, 0.3) is 0 Å². The fourth-order valence-electron chi connectivity index (χ4n) is 3.21. The lowest BCUT2D eigenvalue weighted by Gasteiger charge is -2.41. The molecule has 2 aliphatic rings. The molecule has 3 atom stereocenters. The normalized spacial score (nSPS) is 25.1. The summed E-state index contributed by atoms with van der Waals surface area (Å²) in [7, 11) is 0. The zero-order valence-corrected chi connectivity index (χ0v) is 14.7. The molecule has 0 aromatic heterocycles. The van der Waals surface area contributed by atoms with Crippen LogP contribution < -0.4 is 9.46 Å². The zero-order valence-electron chi connectivity index (χ0n) is 13.9. The van der Waals surface area contributed by atoms with Gasteiger partial charge in [-0.3, -0.25) is 0 Å². The highest BCUT2D eigenvalue weighted by atomic mass is 32.2. The Morgan fingerprint density at radius 1 is 1.46 bits per heavy atom. The second-order valence-electron chi connectivity index (χ2n) is 7.63. The van der Waals surface area contributed by atoms with E-state index in [0.717, 1.165) is 12.8 Å². The van der Waals surface area contributed by atoms with Gasteiger partial charge in [0, 0.05) is 28.4 Å². The molecule has 0 radical (unpaired) electrons. The van der Waals surface area contributed by atoms with Gasteiger partial charge in [-0.15, -0.1) is 0 Å². The Hall–Kier alpha value is -1.33. The van der Waals surface area contributed by atoms with Gasteiger partial charge in [-0.05, 0) is 39.7 Å². The quantitative estimate of drug-likeness (QED) is 0.495. The van der Waals surface area contributed by atoms with E-state index in [1.165, 1.54) is 12.1 Å². The number of aliphatic hydroxyl groups is 1. The largest absolute Gasteiger partial charge is 0.598 e. The lowest BCUT2D eigenvalue weighted by molar-refractivity contribution is 0.00406. The molecule has 1 aromatic carbocycles. The molecule has 1 aliphatic heterocycles. The number of halogens is 1. The fourth-order valence-corrected chi connectivity index (χ4v) is 3.96. The molecule has 3 unspecified atom stereocenters. The average Bonchev–Trinajstić information content (AvgIpc) is 3.26. The highest BCUT2D eigenvalue weighted by Gasteiger charge is 2.63. The predicted octanol–water partition coefficient (Wildman–Crippen LogP) is 2.35. The first-order valence-corrected chi connectivity index (χ1v) is 9.02. The van der Waals surface area contributed by atoms with Gasteiger partial charge in [0.15, 0.2) is 0 Å². The summed E-state index contributed by atoms with van der Waals surface area (Å²) in [4.78, 5) is 0. The van der Waals surface area contributed by atoms with Crippen LogP contribution in [0, 0.1) is 22.6 Å². The molecule has 24 heavy (non-hydrogen) atoms. The first kappa shape index (κ1) is 17.5. The van der Waals surface area contributed by atoms with Crippen LogP contribution in [0.3, 0.4) is 0 Å². The molecule has 0 saturated heterocycles. The SMILES string of the molecule is CC(C)(C)[S+]([O-])NC(O)(C#N)C1c2ccc(F)cc2OCC12CC2. The van der Waals surface area contributed by atoms with Crippen LogP contribution in [0.15, 0.2) is 18.2 Å². The molecule has 1 fully saturated rings. The molecule has 7 heteroatoms. The smallest absolute Gasteiger partial charge is 0.252 e. The van der Waals surface area contributed by atoms with E-state index in [1.807, 2.05) is 6.07 Å². The van der Waals surface area contributed by atoms with Gasteiger partial charge in [0.25, 0.3) is 5.72 Å². The van der Waals surface area contributed by atoms with E-state index in [9.17, 15) is 19.3 Å². The molecule has 0 amide bonds. The van der Waals surface area contributed by atoms with Crippen molar-refractivity contribution in [2.24, 2.45) is 5.41 Å². The Labute approximate surface area is 144 Å². The van der Waals surface area contributed by atoms with Crippen LogP contribution in [0.1, 0.15) is 45.1 Å². The second kappa shape index (κ2) is 5.60. The molecular weight excluding hydrogens is 331 g/mol. The van der Waals surface area contributed by atoms with Gasteiger partial charge in [-0.25, -0.2) is 4.39 Å². The number of nitrogens with one attached hydrogen (secondary N) is 1. The molecule has 3 rings (SSSR count). The highest BCUT2D eigenvalue weighted by Crippen LogP contribution is 2.62. The molecule has 1 spiro atoms. The number of hydrogen-bond donors (Lipinski definition) is 2. The van der Waals surface area contributed by atoms with Crippen molar-refractivity contribution < 1.29 is 18.8 Å². The molecule has 2 N–H and O–H groups in total. The molecule has 5 nitrogen and oxygen atoms in total. The monoisotopic (exact) mass is 352 g/mol. The van der Waals surface area contributed by atoms with E-state index in [-0.39, 0.29) is 5.41 Å². The van der Waals surface area contributed by atoms with Crippen molar-refractivity contribution >= 4 is 11.4 Å². The van der Waals surface area contributed by atoms with Gasteiger partial charge >= 0.3 is 0 Å². The number of benzene rings is 1. The van der Waals surface area contributed by atoms with Crippen LogP contribution in [-0.4, -0.2) is 26.7 Å². The molecular formula is C17H21FN2O3S. The Kier molecular flexibility index (Phi) is 4.08. The predicted molar refractivity (Wildman–Crippen MR) is 87.9 cm³/mol. The van der Waals surface area contributed by atoms with Crippen molar-refractivity contribution in [2.45, 2.75) is 50.0 Å². The number of fused-ring (bicyclic) bond motifs is 1. The Balaban J connectivity index is 2.03. The van der Waals surface area contributed by atoms with Crippen LogP contribution in [0.4, 0.5) is 4.39 Å². The summed E-state index contributed by atoms with van der Waals surface area (Å²) in [5.41, 5.74) is -1.84. The van der Waals surface area contributed by atoms with Crippen molar-refractivity contribution in [3.05, 3.63) is 29.6 Å². The topological polar surface area (TPSA) is 88.3 Å². The third-order valence-electron chi connectivity index (χ3n) is 4.70. The van der Waals surface area contributed by atoms with E-state index in [2.05, 4.69) is 4.72 Å². The standard InChI is InChI=1S/C17H21FN2O3S/c1-15(2,3)24(22)20-17(21,9-19)14-12-5-4-11(18)8-13(12)23-10-16(14)6-7-16/h4-5,8,14,20-21H,6-7,10H2,1-3H3. The van der Waals surface area contributed by atoms with Gasteiger partial charge in [0.05, 0.1) is 12.5 Å². The van der Waals surface area contributed by atoms with Crippen molar-refractivity contribution in [3.8, 4) is 11.8 Å². The van der Waals surface area contributed by atoms with Crippen LogP contribution in [0.5, 0.6) is 5.75 Å². The minimum atomic E-state index is -2.02. The summed E-state index contributed by atoms with van der Waals surface area (Å²) in [6.45, 7) is 5.58. The third-order valence-corrected chi connectivity index (χ3v) is 6.31. The van der Waals surface area contributed by atoms with Crippen molar-refractivity contribution in [3.63, 3.8) is 0 Å². The maximum absolute atomic E-state index is 13.5. The van der Waals surface area contributed by atoms with E-state index in [0.29, 0.717) is 17.9 Å². The summed E-state index contributed by atoms with van der Waals surface area (Å²) in [6.07, 6.45) is 1.59. The molecule has 1 saturated carbocycles. The van der Waals surface area contributed by atoms with Gasteiger partial charge in [-0.1, -0.05) is 10.8 Å². The number of ether oxygens (including phenoxy) is 1. The van der Waals surface area contributed by atoms with Crippen LogP contribution in [0.2, 0.25) is 0 Å². The number of nitrogens with zero attached hydrogens (tertiary/aromatic N) is 1. The van der Waals surface area contributed by atoms with Crippen LogP contribution in [-0.2, 0) is 11.4 Å². The summed E-state index contributed by atoms with van der Waals surface area (Å²) in [6, 6.07) is 5.99. The summed E-state index contributed by atoms with van der Waals surface area (Å²) in [5.74, 6) is -0.744. The lowest BCUT2D eigenvalue weighted by Crippen LogP contribution is -2.58. The van der Waals surface area contributed by atoms with E-state index < -0.39 is 33.6 Å². The van der Waals surface area contributed by atoms with Crippen molar-refractivity contribution in [1.29, 1.82) is 5.26 Å². The number of nitriles is 1. The van der Waals surface area contributed by atoms with Crippen molar-refractivity contribution in [1.82, 2.24) is 4.72 Å². The van der Waals surface area contributed by atoms with E-state index >= 15 is 0 Å². The number of rotatable bonds is 3. The van der Waals surface area contributed by atoms with E-state index in [4.69, 9.17) is 4.74 Å². The molecule has 1 aromatic rings. The second-order valence-corrected chi connectivity index (χ2v) is 9.59. The lowest BCUT2D eigenvalue weighted by atomic mass is 9.75. The third kappa shape index (κ3) is 2.88. The van der Waals surface area contributed by atoms with Gasteiger partial charge in [0.1, 0.15) is 22.4 Å². The summed E-state index contributed by atoms with van der Waals surface area (Å²) >= 11 is -1.63. The summed E-state index contributed by atoms with van der Waals surface area (Å²) < 4.78 is 33.6. The van der Waals surface area contributed by atoms with Gasteiger partial charge in [-0.2, -0.15) is 5.26 Å². The minimum Gasteiger partial charge on any atom is -0.598 e. The maximum atomic E-state index is 13.5. The zero-order chi connectivity index (χ0) is 17.8. The Morgan fingerprint density at radius 3 is 2.67 bits per heavy atom. The first-order chi connectivity index (χ1) is 11.1. The van der Waals surface area contributed by atoms with Gasteiger partial charge in [0.2, 0.25) is 0 Å². The van der Waals surface area contributed by atoms with E-state index in [1.54, 1.807) is 26.8 Å². The summed E-state index contributed by atoms with van der Waals surface area (Å²) in [5, 5.41) is 20.7. The average molecular weight is 352 g/mol. The highest BCUT2D eigenvalue weighted by molar-refractivity contribution is 7.90. The molecule has 130 valence electrons. The number of hydrogen-bond acceptors (Lipinski definition) is 5. The van der Waals surface area contributed by atoms with Crippen molar-refractivity contribution in [2.75, 3.05) is 6.61 Å². The Bertz CT molecular complexity index is 696. The van der Waals surface area contributed by atoms with Crippen LogP contribution >= 0.6 is 0 Å².